The highest BCUT2D eigenvalue weighted by Gasteiger charge is 2.61. The number of fused-ring (bicyclic) bond motifs is 4. The molecule has 0 spiro atoms. The maximum Gasteiger partial charge on any atom is 0.334 e. The Bertz CT molecular complexity index is 1370. The van der Waals surface area contributed by atoms with E-state index in [1.54, 1.807) is 6.07 Å². The highest BCUT2D eigenvalue weighted by atomic mass is 16.6. The van der Waals surface area contributed by atoms with Crippen LogP contribution in [0.2, 0.25) is 0 Å². The molecule has 4 atom stereocenters. The Morgan fingerprint density at radius 2 is 1.97 bits per heavy atom. The number of hydrogen-bond acceptors (Lipinski definition) is 7. The number of hydrogen-bond donors (Lipinski definition) is 0. The van der Waals surface area contributed by atoms with E-state index in [1.807, 2.05) is 35.2 Å². The van der Waals surface area contributed by atoms with Gasteiger partial charge in [-0.2, -0.15) is 0 Å². The van der Waals surface area contributed by atoms with Crippen LogP contribution in [0.15, 0.2) is 60.2 Å². The summed E-state index contributed by atoms with van der Waals surface area (Å²) in [5.74, 6) is -0.430. The van der Waals surface area contributed by atoms with E-state index in [9.17, 15) is 14.4 Å². The van der Waals surface area contributed by atoms with Crippen molar-refractivity contribution in [2.24, 2.45) is 5.92 Å². The molecule has 1 amide bonds. The Labute approximate surface area is 228 Å². The summed E-state index contributed by atoms with van der Waals surface area (Å²) in [7, 11) is 0. The van der Waals surface area contributed by atoms with E-state index < -0.39 is 0 Å². The van der Waals surface area contributed by atoms with Crippen LogP contribution in [0.5, 0.6) is 0 Å². The molecule has 0 N–H and O–H groups in total. The van der Waals surface area contributed by atoms with Crippen LogP contribution in [0, 0.1) is 5.92 Å². The first-order valence-corrected chi connectivity index (χ1v) is 14.0. The van der Waals surface area contributed by atoms with Gasteiger partial charge in [-0.05, 0) is 56.7 Å². The molecule has 6 rings (SSSR count). The predicted molar refractivity (Wildman–Crippen MR) is 146 cm³/mol. The zero-order valence-corrected chi connectivity index (χ0v) is 22.4. The molecule has 2 aromatic rings. The Morgan fingerprint density at radius 1 is 1.13 bits per heavy atom. The fraction of sp³-hybridized carbons (Fsp3) is 0.484. The van der Waals surface area contributed by atoms with Gasteiger partial charge in [-0.25, -0.2) is 9.78 Å². The van der Waals surface area contributed by atoms with Crippen molar-refractivity contribution in [1.29, 1.82) is 0 Å². The maximum atomic E-state index is 13.5. The average Bonchev–Trinajstić information content (AvgIpc) is 3.60. The molecule has 1 aromatic carbocycles. The lowest BCUT2D eigenvalue weighted by Crippen LogP contribution is -2.37. The summed E-state index contributed by atoms with van der Waals surface area (Å²) in [6.45, 7) is 8.93. The lowest BCUT2D eigenvalue weighted by atomic mass is 9.83. The number of amides is 1. The molecule has 4 aliphatic rings. The smallest absolute Gasteiger partial charge is 0.334 e. The van der Waals surface area contributed by atoms with Crippen molar-refractivity contribution < 1.29 is 23.9 Å². The van der Waals surface area contributed by atoms with Gasteiger partial charge in [0.05, 0.1) is 17.7 Å². The molecular weight excluding hydrogens is 494 g/mol. The van der Waals surface area contributed by atoms with Crippen LogP contribution in [-0.4, -0.2) is 83.0 Å². The largest absolute Gasteiger partial charge is 0.455 e. The number of Topliss-reactive ketones (excluding diaryl/α,β-unsaturated/α-hetero) is 1. The monoisotopic (exact) mass is 529 g/mol. The third-order valence-electron chi connectivity index (χ3n) is 8.76. The van der Waals surface area contributed by atoms with Gasteiger partial charge in [-0.3, -0.25) is 14.5 Å². The van der Waals surface area contributed by atoms with Gasteiger partial charge in [0.15, 0.2) is 5.78 Å². The summed E-state index contributed by atoms with van der Waals surface area (Å²) in [5, 5.41) is 1.01. The van der Waals surface area contributed by atoms with Crippen LogP contribution in [0.1, 0.15) is 49.5 Å². The number of aromatic nitrogens is 1. The fourth-order valence-corrected chi connectivity index (χ4v) is 6.30. The van der Waals surface area contributed by atoms with E-state index in [0.717, 1.165) is 42.3 Å². The fourth-order valence-electron chi connectivity index (χ4n) is 6.30. The quantitative estimate of drug-likeness (QED) is 0.339. The van der Waals surface area contributed by atoms with Gasteiger partial charge in [-0.1, -0.05) is 36.9 Å². The second-order valence-corrected chi connectivity index (χ2v) is 11.4. The minimum atomic E-state index is -0.346. The first-order valence-electron chi connectivity index (χ1n) is 14.0. The lowest BCUT2D eigenvalue weighted by molar-refractivity contribution is -0.140. The normalized spacial score (nSPS) is 29.6. The van der Waals surface area contributed by atoms with Crippen molar-refractivity contribution in [3.05, 3.63) is 65.9 Å². The Kier molecular flexibility index (Phi) is 6.85. The number of allylic oxidation sites excluding steroid dienone is 1. The van der Waals surface area contributed by atoms with E-state index in [4.69, 9.17) is 9.47 Å². The molecule has 204 valence electrons. The Morgan fingerprint density at radius 3 is 2.85 bits per heavy atom. The lowest BCUT2D eigenvalue weighted by Gasteiger charge is -2.23. The summed E-state index contributed by atoms with van der Waals surface area (Å²) in [6.07, 6.45) is 5.22. The van der Waals surface area contributed by atoms with Crippen molar-refractivity contribution in [2.45, 2.75) is 56.8 Å². The SMILES string of the molecule is C=C1C(=O)O[C@H]2[C@H]1CCC(C(=O)CN1CCCN(C(=O)c3ccc4ccccc4n3)CC1)=CCC[C@@]1(C)O[C@@H]21. The first-order chi connectivity index (χ1) is 18.8. The minimum Gasteiger partial charge on any atom is -0.455 e. The zero-order chi connectivity index (χ0) is 27.1. The maximum absolute atomic E-state index is 13.5. The Hall–Kier alpha value is -3.36. The van der Waals surface area contributed by atoms with Crippen LogP contribution in [0.3, 0.4) is 0 Å². The second kappa shape index (κ2) is 10.3. The van der Waals surface area contributed by atoms with Gasteiger partial charge >= 0.3 is 5.97 Å². The number of nitrogens with zero attached hydrogens (tertiary/aromatic N) is 3. The molecule has 0 bridgehead atoms. The molecule has 1 aromatic heterocycles. The highest BCUT2D eigenvalue weighted by molar-refractivity contribution is 5.97. The van der Waals surface area contributed by atoms with Crippen molar-refractivity contribution in [3.8, 4) is 0 Å². The van der Waals surface area contributed by atoms with E-state index in [-0.39, 0.29) is 41.4 Å². The number of carbonyl (C=O) groups excluding carboxylic acids is 3. The van der Waals surface area contributed by atoms with Crippen molar-refractivity contribution in [3.63, 3.8) is 0 Å². The standard InChI is InChI=1S/C31H35N3O5/c1-20-23-12-10-22(8-5-14-31(2)28(39-31)27(23)38-30(20)37)26(35)19-33-15-6-16-34(18-17-33)29(36)25-13-11-21-7-3-4-9-24(21)32-25/h3-4,7-9,11,13,23,27-28H,1,5-6,10,12,14-19H2,2H3/t23-,27-,28-,31+/m0/s1. The van der Waals surface area contributed by atoms with Crippen LogP contribution < -0.4 is 0 Å². The van der Waals surface area contributed by atoms with Crippen molar-refractivity contribution in [1.82, 2.24) is 14.8 Å². The third kappa shape index (κ3) is 5.15. The van der Waals surface area contributed by atoms with Gasteiger partial charge in [0, 0.05) is 43.1 Å². The van der Waals surface area contributed by atoms with Gasteiger partial charge in [0.1, 0.15) is 17.9 Å². The Balaban J connectivity index is 1.08. The number of ketones is 1. The molecule has 0 radical (unpaired) electrons. The van der Waals surface area contributed by atoms with E-state index >= 15 is 0 Å². The number of esters is 1. The van der Waals surface area contributed by atoms with Gasteiger partial charge in [0.2, 0.25) is 0 Å². The van der Waals surface area contributed by atoms with Gasteiger partial charge < -0.3 is 14.4 Å². The molecule has 3 saturated heterocycles. The molecule has 8 heteroatoms. The molecule has 39 heavy (non-hydrogen) atoms. The van der Waals surface area contributed by atoms with Crippen LogP contribution in [0.4, 0.5) is 0 Å². The minimum absolute atomic E-state index is 0.0684. The third-order valence-corrected chi connectivity index (χ3v) is 8.76. The van der Waals surface area contributed by atoms with Crippen molar-refractivity contribution in [2.75, 3.05) is 32.7 Å². The number of para-hydroxylation sites is 1. The average molecular weight is 530 g/mol. The molecule has 4 heterocycles. The molecule has 8 nitrogen and oxygen atoms in total. The summed E-state index contributed by atoms with van der Waals surface area (Å²) < 4.78 is 11.6. The topological polar surface area (TPSA) is 92.3 Å². The number of epoxide rings is 1. The molecule has 0 unspecified atom stereocenters. The highest BCUT2D eigenvalue weighted by Crippen LogP contribution is 2.49. The summed E-state index contributed by atoms with van der Waals surface area (Å²) in [4.78, 5) is 47.5. The van der Waals surface area contributed by atoms with Crippen LogP contribution >= 0.6 is 0 Å². The van der Waals surface area contributed by atoms with Crippen LogP contribution in [-0.2, 0) is 19.1 Å². The van der Waals surface area contributed by atoms with Crippen LogP contribution in [0.25, 0.3) is 10.9 Å². The van der Waals surface area contributed by atoms with E-state index in [2.05, 4.69) is 29.5 Å². The second-order valence-electron chi connectivity index (χ2n) is 11.4. The summed E-state index contributed by atoms with van der Waals surface area (Å²) in [5.41, 5.74) is 2.24. The summed E-state index contributed by atoms with van der Waals surface area (Å²) in [6, 6.07) is 11.5. The summed E-state index contributed by atoms with van der Waals surface area (Å²) >= 11 is 0. The van der Waals surface area contributed by atoms with E-state index in [1.165, 1.54) is 0 Å². The van der Waals surface area contributed by atoms with Gasteiger partial charge in [0.25, 0.3) is 5.91 Å². The number of rotatable bonds is 4. The molecular formula is C31H35N3O5. The van der Waals surface area contributed by atoms with Gasteiger partial charge in [-0.15, -0.1) is 0 Å². The van der Waals surface area contributed by atoms with E-state index in [0.29, 0.717) is 50.3 Å². The van der Waals surface area contributed by atoms with Crippen molar-refractivity contribution >= 4 is 28.6 Å². The molecule has 1 aliphatic carbocycles. The number of benzene rings is 1. The first kappa shape index (κ1) is 25.9. The predicted octanol–water partition coefficient (Wildman–Crippen LogP) is 3.71. The molecule has 0 saturated carbocycles. The zero-order valence-electron chi connectivity index (χ0n) is 22.4. The molecule has 3 aliphatic heterocycles. The number of ether oxygens (including phenoxy) is 2. The number of carbonyl (C=O) groups is 3. The number of pyridine rings is 1. The molecule has 3 fully saturated rings.